The number of carbonyl (C=O) groups excluding carboxylic acids is 1. The summed E-state index contributed by atoms with van der Waals surface area (Å²) in [6.07, 6.45) is 1.80. The molecule has 25 heavy (non-hydrogen) atoms. The lowest BCUT2D eigenvalue weighted by atomic mass is 9.90. The van der Waals surface area contributed by atoms with Crippen molar-refractivity contribution in [3.05, 3.63) is 66.2 Å². The molecular formula is C20H25ClN2O2. The topological polar surface area (TPSA) is 55.6 Å². The predicted octanol–water partition coefficient (Wildman–Crippen LogP) is 3.35. The predicted molar refractivity (Wildman–Crippen MR) is 102 cm³/mol. The summed E-state index contributed by atoms with van der Waals surface area (Å²) in [5.74, 6) is 0.863. The van der Waals surface area contributed by atoms with Crippen LogP contribution in [0, 0.1) is 0 Å². The second-order valence-corrected chi connectivity index (χ2v) is 6.49. The fourth-order valence-corrected chi connectivity index (χ4v) is 3.10. The largest absolute Gasteiger partial charge is 0.490 e. The van der Waals surface area contributed by atoms with Crippen LogP contribution >= 0.6 is 12.4 Å². The molecule has 1 heterocycles. The highest BCUT2D eigenvalue weighted by Crippen LogP contribution is 2.24. The van der Waals surface area contributed by atoms with E-state index in [1.165, 1.54) is 0 Å². The van der Waals surface area contributed by atoms with E-state index in [0.717, 1.165) is 24.2 Å². The lowest BCUT2D eigenvalue weighted by Gasteiger charge is -2.37. The summed E-state index contributed by atoms with van der Waals surface area (Å²) >= 11 is 0. The van der Waals surface area contributed by atoms with E-state index >= 15 is 0 Å². The number of halogens is 1. The van der Waals surface area contributed by atoms with Crippen LogP contribution in [-0.2, 0) is 10.3 Å². The fraction of sp³-hybridized carbons (Fsp3) is 0.350. The first kappa shape index (κ1) is 19.3. The number of likely N-dealkylation sites (tertiary alicyclic amines) is 1. The maximum atomic E-state index is 12.8. The number of nitrogens with zero attached hydrogens (tertiary/aromatic N) is 1. The van der Waals surface area contributed by atoms with Gasteiger partial charge in [-0.2, -0.15) is 0 Å². The molecule has 1 fully saturated rings. The number of carbonyl (C=O) groups is 1. The molecule has 1 unspecified atom stereocenters. The Hall–Kier alpha value is -2.04. The van der Waals surface area contributed by atoms with E-state index in [1.807, 2.05) is 65.6 Å². The van der Waals surface area contributed by atoms with E-state index in [4.69, 9.17) is 10.5 Å². The summed E-state index contributed by atoms with van der Waals surface area (Å²) < 4.78 is 5.98. The molecule has 1 aliphatic rings. The third-order valence-electron chi connectivity index (χ3n) is 4.59. The van der Waals surface area contributed by atoms with Gasteiger partial charge in [0.05, 0.1) is 0 Å². The first-order valence-electron chi connectivity index (χ1n) is 8.43. The van der Waals surface area contributed by atoms with E-state index in [2.05, 4.69) is 0 Å². The summed E-state index contributed by atoms with van der Waals surface area (Å²) in [6.45, 7) is 3.14. The normalized spacial score (nSPS) is 17.3. The van der Waals surface area contributed by atoms with Gasteiger partial charge in [-0.15, -0.1) is 12.4 Å². The van der Waals surface area contributed by atoms with Gasteiger partial charge >= 0.3 is 0 Å². The van der Waals surface area contributed by atoms with Crippen molar-refractivity contribution in [1.82, 2.24) is 4.90 Å². The quantitative estimate of drug-likeness (QED) is 0.909. The van der Waals surface area contributed by atoms with Crippen LogP contribution in [0.5, 0.6) is 5.75 Å². The Bertz CT molecular complexity index is 669. The molecule has 2 aromatic carbocycles. The van der Waals surface area contributed by atoms with Crippen molar-refractivity contribution in [1.29, 1.82) is 0 Å². The van der Waals surface area contributed by atoms with Crippen molar-refractivity contribution in [2.75, 3.05) is 13.1 Å². The number of hydrogen-bond donors (Lipinski definition) is 1. The minimum absolute atomic E-state index is 0. The third-order valence-corrected chi connectivity index (χ3v) is 4.59. The molecule has 134 valence electrons. The second-order valence-electron chi connectivity index (χ2n) is 6.49. The number of benzene rings is 2. The number of para-hydroxylation sites is 1. The van der Waals surface area contributed by atoms with Gasteiger partial charge in [0.15, 0.2) is 0 Å². The lowest BCUT2D eigenvalue weighted by Crippen LogP contribution is -2.53. The van der Waals surface area contributed by atoms with E-state index in [1.54, 1.807) is 6.92 Å². The molecule has 3 rings (SSSR count). The van der Waals surface area contributed by atoms with E-state index in [9.17, 15) is 4.79 Å². The van der Waals surface area contributed by atoms with Crippen molar-refractivity contribution < 1.29 is 9.53 Å². The van der Waals surface area contributed by atoms with Gasteiger partial charge in [0, 0.05) is 25.9 Å². The van der Waals surface area contributed by atoms with E-state index in [-0.39, 0.29) is 24.4 Å². The molecule has 2 aromatic rings. The highest BCUT2D eigenvalue weighted by atomic mass is 35.5. The number of ether oxygens (including phenoxy) is 1. The van der Waals surface area contributed by atoms with Gasteiger partial charge in [0.1, 0.15) is 17.4 Å². The maximum absolute atomic E-state index is 12.8. The first-order chi connectivity index (χ1) is 11.6. The van der Waals surface area contributed by atoms with Gasteiger partial charge in [-0.3, -0.25) is 4.79 Å². The van der Waals surface area contributed by atoms with E-state index in [0.29, 0.717) is 13.1 Å². The zero-order valence-corrected chi connectivity index (χ0v) is 15.2. The molecule has 4 nitrogen and oxygen atoms in total. The smallest absolute Gasteiger partial charge is 0.246 e. The molecule has 2 N–H and O–H groups in total. The van der Waals surface area contributed by atoms with Gasteiger partial charge in [0.2, 0.25) is 5.91 Å². The van der Waals surface area contributed by atoms with Crippen molar-refractivity contribution in [2.45, 2.75) is 31.4 Å². The lowest BCUT2D eigenvalue weighted by molar-refractivity contribution is -0.138. The number of piperidine rings is 1. The molecular weight excluding hydrogens is 336 g/mol. The summed E-state index contributed by atoms with van der Waals surface area (Å²) in [5.41, 5.74) is 6.20. The minimum atomic E-state index is -0.992. The Morgan fingerprint density at radius 2 is 1.56 bits per heavy atom. The Balaban J connectivity index is 0.00000225. The van der Waals surface area contributed by atoms with Crippen LogP contribution in [0.3, 0.4) is 0 Å². The third kappa shape index (κ3) is 4.53. The molecule has 0 saturated carbocycles. The Kier molecular flexibility index (Phi) is 6.45. The SMILES string of the molecule is CC(N)(C(=O)N1CCC(Oc2ccccc2)CC1)c1ccccc1.Cl. The maximum Gasteiger partial charge on any atom is 0.246 e. The molecule has 5 heteroatoms. The van der Waals surface area contributed by atoms with Crippen molar-refractivity contribution in [3.63, 3.8) is 0 Å². The van der Waals surface area contributed by atoms with Crippen LogP contribution in [0.15, 0.2) is 60.7 Å². The van der Waals surface area contributed by atoms with Crippen LogP contribution in [0.25, 0.3) is 0 Å². The molecule has 0 bridgehead atoms. The fourth-order valence-electron chi connectivity index (χ4n) is 3.10. The summed E-state index contributed by atoms with van der Waals surface area (Å²) in [7, 11) is 0. The van der Waals surface area contributed by atoms with Crippen molar-refractivity contribution in [3.8, 4) is 5.75 Å². The van der Waals surface area contributed by atoms with Gasteiger partial charge in [-0.1, -0.05) is 48.5 Å². The molecule has 1 amide bonds. The highest BCUT2D eigenvalue weighted by Gasteiger charge is 2.36. The monoisotopic (exact) mass is 360 g/mol. The highest BCUT2D eigenvalue weighted by molar-refractivity contribution is 5.87. The number of nitrogens with two attached hydrogens (primary N) is 1. The van der Waals surface area contributed by atoms with Gasteiger partial charge in [-0.05, 0) is 24.6 Å². The number of amides is 1. The zero-order valence-electron chi connectivity index (χ0n) is 14.4. The van der Waals surface area contributed by atoms with Crippen LogP contribution in [-0.4, -0.2) is 30.0 Å². The molecule has 1 aliphatic heterocycles. The molecule has 0 radical (unpaired) electrons. The number of hydrogen-bond acceptors (Lipinski definition) is 3. The molecule has 0 spiro atoms. The zero-order chi connectivity index (χ0) is 17.0. The van der Waals surface area contributed by atoms with Gasteiger partial charge in [-0.25, -0.2) is 0 Å². The summed E-state index contributed by atoms with van der Waals surface area (Å²) in [5, 5.41) is 0. The standard InChI is InChI=1S/C20H24N2O2.ClH/c1-20(21,16-8-4-2-5-9-16)19(23)22-14-12-18(13-15-22)24-17-10-6-3-7-11-17;/h2-11,18H,12-15,21H2,1H3;1H. The number of rotatable bonds is 4. The Morgan fingerprint density at radius 1 is 1.04 bits per heavy atom. The first-order valence-corrected chi connectivity index (χ1v) is 8.43. The second kappa shape index (κ2) is 8.37. The minimum Gasteiger partial charge on any atom is -0.490 e. The summed E-state index contributed by atoms with van der Waals surface area (Å²) in [6, 6.07) is 19.4. The molecule has 1 atom stereocenters. The van der Waals surface area contributed by atoms with E-state index < -0.39 is 5.54 Å². The average molecular weight is 361 g/mol. The molecule has 1 saturated heterocycles. The van der Waals surface area contributed by atoms with Crippen molar-refractivity contribution >= 4 is 18.3 Å². The van der Waals surface area contributed by atoms with Crippen LogP contribution in [0.4, 0.5) is 0 Å². The molecule has 0 aromatic heterocycles. The Labute approximate surface area is 155 Å². The Morgan fingerprint density at radius 3 is 2.12 bits per heavy atom. The van der Waals surface area contributed by atoms with Gasteiger partial charge in [0.25, 0.3) is 0 Å². The van der Waals surface area contributed by atoms with Crippen LogP contribution < -0.4 is 10.5 Å². The van der Waals surface area contributed by atoms with Crippen molar-refractivity contribution in [2.24, 2.45) is 5.73 Å². The van der Waals surface area contributed by atoms with Crippen LogP contribution in [0.1, 0.15) is 25.3 Å². The summed E-state index contributed by atoms with van der Waals surface area (Å²) in [4.78, 5) is 14.7. The molecule has 0 aliphatic carbocycles. The average Bonchev–Trinajstić information content (AvgIpc) is 2.63. The van der Waals surface area contributed by atoms with Gasteiger partial charge < -0.3 is 15.4 Å². The van der Waals surface area contributed by atoms with Crippen LogP contribution in [0.2, 0.25) is 0 Å².